The SMILES string of the molecule is Cc1ccc(N2CCn3c(SCC(=O)N4CCN(c5ccccc5)CC4)nnc32)cc1. The predicted molar refractivity (Wildman–Crippen MR) is 124 cm³/mol. The minimum atomic E-state index is 0.170. The Morgan fingerprint density at radius 1 is 0.871 bits per heavy atom. The van der Waals surface area contributed by atoms with Gasteiger partial charge >= 0.3 is 0 Å². The van der Waals surface area contributed by atoms with E-state index < -0.39 is 0 Å². The normalized spacial score (nSPS) is 16.0. The number of aryl methyl sites for hydroxylation is 1. The fourth-order valence-electron chi connectivity index (χ4n) is 4.12. The Kier molecular flexibility index (Phi) is 5.55. The van der Waals surface area contributed by atoms with Gasteiger partial charge in [-0.2, -0.15) is 0 Å². The summed E-state index contributed by atoms with van der Waals surface area (Å²) in [5, 5.41) is 9.57. The highest BCUT2D eigenvalue weighted by Crippen LogP contribution is 2.32. The summed E-state index contributed by atoms with van der Waals surface area (Å²) in [5.74, 6) is 1.42. The van der Waals surface area contributed by atoms with Gasteiger partial charge in [-0.25, -0.2) is 0 Å². The van der Waals surface area contributed by atoms with Crippen LogP contribution >= 0.6 is 11.8 Å². The van der Waals surface area contributed by atoms with Crippen molar-refractivity contribution in [1.29, 1.82) is 0 Å². The third-order valence-corrected chi connectivity index (χ3v) is 6.86. The van der Waals surface area contributed by atoms with E-state index in [1.165, 1.54) is 23.0 Å². The Labute approximate surface area is 186 Å². The van der Waals surface area contributed by atoms with Crippen LogP contribution in [-0.4, -0.2) is 64.0 Å². The van der Waals surface area contributed by atoms with Gasteiger partial charge in [-0.15, -0.1) is 10.2 Å². The van der Waals surface area contributed by atoms with Gasteiger partial charge in [-0.05, 0) is 31.2 Å². The van der Waals surface area contributed by atoms with Crippen LogP contribution in [0.5, 0.6) is 0 Å². The largest absolute Gasteiger partial charge is 0.368 e. The third kappa shape index (κ3) is 4.12. The van der Waals surface area contributed by atoms with Crippen LogP contribution in [0.3, 0.4) is 0 Å². The van der Waals surface area contributed by atoms with Crippen LogP contribution < -0.4 is 9.80 Å². The highest BCUT2D eigenvalue weighted by Gasteiger charge is 2.27. The average Bonchev–Trinajstić information content (AvgIpc) is 3.41. The zero-order valence-corrected chi connectivity index (χ0v) is 18.5. The molecule has 1 amide bonds. The first kappa shape index (κ1) is 19.9. The van der Waals surface area contributed by atoms with Crippen LogP contribution in [0.1, 0.15) is 5.56 Å². The number of para-hydroxylation sites is 1. The van der Waals surface area contributed by atoms with Crippen molar-refractivity contribution in [1.82, 2.24) is 19.7 Å². The molecule has 1 aromatic heterocycles. The molecule has 3 heterocycles. The number of anilines is 3. The van der Waals surface area contributed by atoms with Gasteiger partial charge in [0.05, 0.1) is 5.75 Å². The molecule has 7 nitrogen and oxygen atoms in total. The second-order valence-electron chi connectivity index (χ2n) is 7.91. The summed E-state index contributed by atoms with van der Waals surface area (Å²) < 4.78 is 2.12. The first-order valence-corrected chi connectivity index (χ1v) is 11.7. The van der Waals surface area contributed by atoms with Crippen molar-refractivity contribution in [3.8, 4) is 0 Å². The number of aromatic nitrogens is 3. The zero-order chi connectivity index (χ0) is 21.2. The molecule has 0 aliphatic carbocycles. The number of thioether (sulfide) groups is 1. The molecule has 2 aromatic carbocycles. The van der Waals surface area contributed by atoms with Gasteiger partial charge in [-0.3, -0.25) is 9.36 Å². The van der Waals surface area contributed by atoms with Gasteiger partial charge in [0, 0.05) is 50.6 Å². The number of carbonyl (C=O) groups excluding carboxylic acids is 1. The van der Waals surface area contributed by atoms with Gasteiger partial charge < -0.3 is 14.7 Å². The standard InChI is InChI=1S/C23H26N6OS/c1-18-7-9-20(10-8-18)28-15-16-29-22(28)24-25-23(29)31-17-21(30)27-13-11-26(12-14-27)19-5-3-2-4-6-19/h2-10H,11-17H2,1H3. The molecule has 2 aliphatic heterocycles. The van der Waals surface area contributed by atoms with E-state index in [1.54, 1.807) is 0 Å². The number of amides is 1. The summed E-state index contributed by atoms with van der Waals surface area (Å²) in [5.41, 5.74) is 3.59. The number of benzene rings is 2. The second-order valence-corrected chi connectivity index (χ2v) is 8.86. The van der Waals surface area contributed by atoms with Crippen molar-refractivity contribution in [2.24, 2.45) is 0 Å². The predicted octanol–water partition coefficient (Wildman–Crippen LogP) is 3.18. The molecule has 31 heavy (non-hydrogen) atoms. The van der Waals surface area contributed by atoms with Gasteiger partial charge in [0.1, 0.15) is 0 Å². The van der Waals surface area contributed by atoms with E-state index in [0.29, 0.717) is 5.75 Å². The molecule has 0 N–H and O–H groups in total. The van der Waals surface area contributed by atoms with Crippen LogP contribution in [-0.2, 0) is 11.3 Å². The average molecular weight is 435 g/mol. The topological polar surface area (TPSA) is 57.5 Å². The molecule has 0 atom stereocenters. The fraction of sp³-hybridized carbons (Fsp3) is 0.348. The maximum absolute atomic E-state index is 12.8. The molecule has 3 aromatic rings. The number of carbonyl (C=O) groups is 1. The van der Waals surface area contributed by atoms with E-state index in [1.807, 2.05) is 11.0 Å². The van der Waals surface area contributed by atoms with Crippen LogP contribution in [0, 0.1) is 6.92 Å². The summed E-state index contributed by atoms with van der Waals surface area (Å²) in [4.78, 5) is 19.3. The number of fused-ring (bicyclic) bond motifs is 1. The summed E-state index contributed by atoms with van der Waals surface area (Å²) in [6.07, 6.45) is 0. The molecule has 0 radical (unpaired) electrons. The number of hydrogen-bond acceptors (Lipinski definition) is 6. The molecular formula is C23H26N6OS. The van der Waals surface area contributed by atoms with Crippen molar-refractivity contribution in [2.45, 2.75) is 18.6 Å². The van der Waals surface area contributed by atoms with E-state index >= 15 is 0 Å². The third-order valence-electron chi connectivity index (χ3n) is 5.91. The first-order chi connectivity index (χ1) is 15.2. The molecule has 0 unspecified atom stereocenters. The highest BCUT2D eigenvalue weighted by atomic mass is 32.2. The molecule has 1 fully saturated rings. The van der Waals surface area contributed by atoms with Gasteiger partial charge in [0.25, 0.3) is 0 Å². The van der Waals surface area contributed by atoms with Crippen LogP contribution in [0.4, 0.5) is 17.3 Å². The fourth-order valence-corrected chi connectivity index (χ4v) is 4.99. The number of rotatable bonds is 5. The number of piperazine rings is 1. The maximum atomic E-state index is 12.8. The van der Waals surface area contributed by atoms with E-state index in [0.717, 1.165) is 56.1 Å². The summed E-state index contributed by atoms with van der Waals surface area (Å²) >= 11 is 1.49. The quantitative estimate of drug-likeness (QED) is 0.575. The molecule has 0 saturated carbocycles. The minimum Gasteiger partial charge on any atom is -0.368 e. The highest BCUT2D eigenvalue weighted by molar-refractivity contribution is 7.99. The monoisotopic (exact) mass is 434 g/mol. The smallest absolute Gasteiger partial charge is 0.233 e. The second kappa shape index (κ2) is 8.63. The van der Waals surface area contributed by atoms with Crippen molar-refractivity contribution in [3.63, 3.8) is 0 Å². The lowest BCUT2D eigenvalue weighted by molar-refractivity contribution is -0.128. The lowest BCUT2D eigenvalue weighted by Crippen LogP contribution is -2.49. The summed E-state index contributed by atoms with van der Waals surface area (Å²) in [6, 6.07) is 18.8. The van der Waals surface area contributed by atoms with Crippen LogP contribution in [0.2, 0.25) is 0 Å². The molecule has 160 valence electrons. The first-order valence-electron chi connectivity index (χ1n) is 10.7. The Morgan fingerprint density at radius 3 is 2.35 bits per heavy atom. The van der Waals surface area contributed by atoms with E-state index in [-0.39, 0.29) is 5.91 Å². The summed E-state index contributed by atoms with van der Waals surface area (Å²) in [7, 11) is 0. The summed E-state index contributed by atoms with van der Waals surface area (Å²) in [6.45, 7) is 7.04. The number of nitrogens with zero attached hydrogens (tertiary/aromatic N) is 6. The van der Waals surface area contributed by atoms with Gasteiger partial charge in [-0.1, -0.05) is 47.7 Å². The van der Waals surface area contributed by atoms with E-state index in [2.05, 4.69) is 80.0 Å². The Hall–Kier alpha value is -3.00. The lowest BCUT2D eigenvalue weighted by atomic mass is 10.2. The van der Waals surface area contributed by atoms with E-state index in [9.17, 15) is 4.79 Å². The molecule has 0 spiro atoms. The molecule has 0 bridgehead atoms. The molecule has 8 heteroatoms. The maximum Gasteiger partial charge on any atom is 0.233 e. The Morgan fingerprint density at radius 2 is 1.61 bits per heavy atom. The lowest BCUT2D eigenvalue weighted by Gasteiger charge is -2.36. The van der Waals surface area contributed by atoms with Crippen molar-refractivity contribution in [3.05, 3.63) is 60.2 Å². The molecule has 5 rings (SSSR count). The molecule has 2 aliphatic rings. The van der Waals surface area contributed by atoms with Crippen LogP contribution in [0.15, 0.2) is 59.8 Å². The zero-order valence-electron chi connectivity index (χ0n) is 17.6. The molecular weight excluding hydrogens is 408 g/mol. The van der Waals surface area contributed by atoms with E-state index in [4.69, 9.17) is 0 Å². The molecule has 1 saturated heterocycles. The van der Waals surface area contributed by atoms with Crippen molar-refractivity contribution < 1.29 is 4.79 Å². The number of hydrogen-bond donors (Lipinski definition) is 0. The Balaban J connectivity index is 1.17. The van der Waals surface area contributed by atoms with Crippen molar-refractivity contribution in [2.75, 3.05) is 48.3 Å². The van der Waals surface area contributed by atoms with Gasteiger partial charge in [0.15, 0.2) is 5.16 Å². The van der Waals surface area contributed by atoms with Crippen LogP contribution in [0.25, 0.3) is 0 Å². The van der Waals surface area contributed by atoms with Crippen molar-refractivity contribution >= 4 is 35.0 Å². The van der Waals surface area contributed by atoms with Gasteiger partial charge in [0.2, 0.25) is 11.9 Å². The minimum absolute atomic E-state index is 0.170. The Bertz CT molecular complexity index is 1040.